The topological polar surface area (TPSA) is 144 Å². The maximum Gasteiger partial charge on any atom is 0.287 e. The van der Waals surface area contributed by atoms with Crippen molar-refractivity contribution in [2.75, 3.05) is 0 Å². The zero-order chi connectivity index (χ0) is 24.6. The Hall–Kier alpha value is -4.64. The lowest BCUT2D eigenvalue weighted by molar-refractivity contribution is -0.385. The molecule has 0 atom stereocenters. The number of benzene rings is 3. The molecule has 170 valence electrons. The van der Waals surface area contributed by atoms with E-state index in [2.05, 4.69) is 0 Å². The van der Waals surface area contributed by atoms with Crippen molar-refractivity contribution >= 4 is 40.7 Å². The molecule has 0 radical (unpaired) electrons. The van der Waals surface area contributed by atoms with Crippen LogP contribution in [0.2, 0.25) is 5.02 Å². The smallest absolute Gasteiger partial charge is 0.267 e. The highest BCUT2D eigenvalue weighted by Gasteiger charge is 2.45. The van der Waals surface area contributed by atoms with Gasteiger partial charge in [0.2, 0.25) is 0 Å². The van der Waals surface area contributed by atoms with Crippen LogP contribution in [0.1, 0.15) is 36.6 Å². The highest BCUT2D eigenvalue weighted by Crippen LogP contribution is 2.33. The molecule has 11 nitrogen and oxygen atoms in total. The fourth-order valence-corrected chi connectivity index (χ4v) is 3.72. The molecule has 12 heteroatoms. The lowest BCUT2D eigenvalue weighted by Gasteiger charge is -2.30. The van der Waals surface area contributed by atoms with Gasteiger partial charge in [-0.05, 0) is 29.8 Å². The molecule has 3 amide bonds. The monoisotopic (exact) mass is 480 g/mol. The molecule has 0 saturated carbocycles. The van der Waals surface area contributed by atoms with E-state index in [1.165, 1.54) is 24.3 Å². The predicted octanol–water partition coefficient (Wildman–Crippen LogP) is 4.01. The molecule has 1 aliphatic rings. The van der Waals surface area contributed by atoms with Gasteiger partial charge in [0.25, 0.3) is 29.1 Å². The number of amides is 3. The molecule has 34 heavy (non-hydrogen) atoms. The highest BCUT2D eigenvalue weighted by molar-refractivity contribution is 6.31. The average molecular weight is 481 g/mol. The van der Waals surface area contributed by atoms with Crippen molar-refractivity contribution in [3.8, 4) is 0 Å². The van der Waals surface area contributed by atoms with Crippen LogP contribution in [-0.4, -0.2) is 37.6 Å². The summed E-state index contributed by atoms with van der Waals surface area (Å²) in [5.74, 6) is -2.81. The summed E-state index contributed by atoms with van der Waals surface area (Å²) in [5, 5.41) is 24.0. The molecule has 4 rings (SSSR count). The number of nitro benzene ring substituents is 2. The van der Waals surface area contributed by atoms with Gasteiger partial charge in [-0.3, -0.25) is 34.6 Å². The van der Waals surface area contributed by atoms with Gasteiger partial charge < -0.3 is 0 Å². The number of imide groups is 1. The van der Waals surface area contributed by atoms with Crippen molar-refractivity contribution in [1.82, 2.24) is 10.0 Å². The molecule has 0 N–H and O–H groups in total. The van der Waals surface area contributed by atoms with E-state index in [1.807, 2.05) is 0 Å². The summed E-state index contributed by atoms with van der Waals surface area (Å²) in [7, 11) is 0. The third kappa shape index (κ3) is 3.84. The second-order valence-corrected chi connectivity index (χ2v) is 7.54. The molecular formula is C22H13ClN4O7. The fourth-order valence-electron chi connectivity index (χ4n) is 3.52. The predicted molar refractivity (Wildman–Crippen MR) is 118 cm³/mol. The SMILES string of the molecule is O=C(c1ccc([N+](=O)[O-])cc1)N(Cc1ccccc1Cl)N1C(=O)c2cccc([N+](=O)[O-])c2C1=O. The first-order valence-electron chi connectivity index (χ1n) is 9.66. The van der Waals surface area contributed by atoms with E-state index in [-0.39, 0.29) is 28.4 Å². The van der Waals surface area contributed by atoms with E-state index in [1.54, 1.807) is 24.3 Å². The summed E-state index contributed by atoms with van der Waals surface area (Å²) < 4.78 is 0. The van der Waals surface area contributed by atoms with Crippen molar-refractivity contribution in [2.45, 2.75) is 6.54 Å². The second kappa shape index (κ2) is 8.71. The Labute approximate surface area is 196 Å². The van der Waals surface area contributed by atoms with Crippen LogP contribution >= 0.6 is 11.6 Å². The molecule has 0 aliphatic carbocycles. The molecule has 0 fully saturated rings. The largest absolute Gasteiger partial charge is 0.287 e. The third-order valence-electron chi connectivity index (χ3n) is 5.15. The van der Waals surface area contributed by atoms with Crippen molar-refractivity contribution < 1.29 is 24.2 Å². The number of hydrazine groups is 1. The standard InChI is InChI=1S/C22H13ClN4O7/c23-17-6-2-1-4-14(17)12-24(20(28)13-8-10-15(11-9-13)26(31)32)25-21(29)16-5-3-7-18(27(33)34)19(16)22(25)30/h1-11H,12H2. The number of nitro groups is 2. The minimum Gasteiger partial charge on any atom is -0.267 e. The molecule has 0 saturated heterocycles. The maximum atomic E-state index is 13.4. The number of nitrogens with zero attached hydrogens (tertiary/aromatic N) is 4. The fraction of sp³-hybridized carbons (Fsp3) is 0.0455. The number of fused-ring (bicyclic) bond motifs is 1. The summed E-state index contributed by atoms with van der Waals surface area (Å²) in [6, 6.07) is 14.6. The molecule has 0 unspecified atom stereocenters. The van der Waals surface area contributed by atoms with Crippen LogP contribution in [-0.2, 0) is 6.54 Å². The zero-order valence-corrected chi connectivity index (χ0v) is 17.8. The first kappa shape index (κ1) is 22.6. The summed E-state index contributed by atoms with van der Waals surface area (Å²) in [6.45, 7) is -0.325. The molecule has 3 aromatic rings. The minimum absolute atomic E-state index is 0.0521. The second-order valence-electron chi connectivity index (χ2n) is 7.14. The van der Waals surface area contributed by atoms with E-state index < -0.39 is 38.8 Å². The Balaban J connectivity index is 1.80. The van der Waals surface area contributed by atoms with Crippen molar-refractivity contribution in [1.29, 1.82) is 0 Å². The average Bonchev–Trinajstić information content (AvgIpc) is 3.08. The molecule has 1 aliphatic heterocycles. The Morgan fingerprint density at radius 2 is 1.56 bits per heavy atom. The van der Waals surface area contributed by atoms with Crippen LogP contribution in [0, 0.1) is 20.2 Å². The van der Waals surface area contributed by atoms with Crippen molar-refractivity contribution in [3.05, 3.63) is 114 Å². The number of hydrogen-bond acceptors (Lipinski definition) is 7. The van der Waals surface area contributed by atoms with E-state index in [9.17, 15) is 34.6 Å². The summed E-state index contributed by atoms with van der Waals surface area (Å²) in [6.07, 6.45) is 0. The maximum absolute atomic E-state index is 13.4. The van der Waals surface area contributed by atoms with Gasteiger partial charge >= 0.3 is 0 Å². The van der Waals surface area contributed by atoms with Gasteiger partial charge in [-0.25, -0.2) is 5.01 Å². The molecular weight excluding hydrogens is 468 g/mol. The molecule has 0 aromatic heterocycles. The number of halogens is 1. The van der Waals surface area contributed by atoms with Gasteiger partial charge in [-0.2, -0.15) is 5.01 Å². The number of rotatable bonds is 6. The Bertz CT molecular complexity index is 1370. The molecule has 0 bridgehead atoms. The highest BCUT2D eigenvalue weighted by atomic mass is 35.5. The van der Waals surface area contributed by atoms with E-state index in [4.69, 9.17) is 11.6 Å². The van der Waals surface area contributed by atoms with Crippen LogP contribution in [0.4, 0.5) is 11.4 Å². The summed E-state index contributed by atoms with van der Waals surface area (Å²) in [5.41, 5.74) is -1.14. The van der Waals surface area contributed by atoms with Gasteiger partial charge in [0.05, 0.1) is 22.0 Å². The first-order valence-corrected chi connectivity index (χ1v) is 10.0. The normalized spacial score (nSPS) is 12.4. The number of carbonyl (C=O) groups excluding carboxylic acids is 3. The Morgan fingerprint density at radius 1 is 0.882 bits per heavy atom. The van der Waals surface area contributed by atoms with Gasteiger partial charge in [0.1, 0.15) is 5.56 Å². The zero-order valence-electron chi connectivity index (χ0n) is 17.1. The summed E-state index contributed by atoms with van der Waals surface area (Å²) in [4.78, 5) is 60.7. The molecule has 1 heterocycles. The Morgan fingerprint density at radius 3 is 2.18 bits per heavy atom. The van der Waals surface area contributed by atoms with Crippen molar-refractivity contribution in [3.63, 3.8) is 0 Å². The lowest BCUT2D eigenvalue weighted by Crippen LogP contribution is -2.49. The van der Waals surface area contributed by atoms with Crippen LogP contribution < -0.4 is 0 Å². The van der Waals surface area contributed by atoms with Crippen LogP contribution in [0.25, 0.3) is 0 Å². The third-order valence-corrected chi connectivity index (χ3v) is 5.52. The van der Waals surface area contributed by atoms with Crippen molar-refractivity contribution in [2.24, 2.45) is 0 Å². The van der Waals surface area contributed by atoms with E-state index in [0.29, 0.717) is 10.6 Å². The lowest BCUT2D eigenvalue weighted by atomic mass is 10.1. The molecule has 0 spiro atoms. The Kier molecular flexibility index (Phi) is 5.78. The van der Waals surface area contributed by atoms with Gasteiger partial charge in [-0.1, -0.05) is 35.9 Å². The quantitative estimate of drug-likeness (QED) is 0.294. The van der Waals surface area contributed by atoms with E-state index >= 15 is 0 Å². The van der Waals surface area contributed by atoms with Crippen LogP contribution in [0.3, 0.4) is 0 Å². The number of hydrogen-bond donors (Lipinski definition) is 0. The molecule has 3 aromatic carbocycles. The van der Waals surface area contributed by atoms with Gasteiger partial charge in [0.15, 0.2) is 0 Å². The minimum atomic E-state index is -1.05. The number of non-ortho nitro benzene ring substituents is 1. The van der Waals surface area contributed by atoms with Crippen LogP contribution in [0.15, 0.2) is 66.7 Å². The van der Waals surface area contributed by atoms with Gasteiger partial charge in [0, 0.05) is 28.8 Å². The first-order chi connectivity index (χ1) is 16.2. The summed E-state index contributed by atoms with van der Waals surface area (Å²) >= 11 is 6.22. The number of carbonyl (C=O) groups is 3. The van der Waals surface area contributed by atoms with E-state index in [0.717, 1.165) is 23.2 Å². The van der Waals surface area contributed by atoms with Gasteiger partial charge in [-0.15, -0.1) is 0 Å². The van der Waals surface area contributed by atoms with Crippen LogP contribution in [0.5, 0.6) is 0 Å².